The third kappa shape index (κ3) is 5.26. The Morgan fingerprint density at radius 1 is 0.886 bits per heavy atom. The Bertz CT molecular complexity index is 1220. The third-order valence-electron chi connectivity index (χ3n) is 6.82. The van der Waals surface area contributed by atoms with E-state index in [1.54, 1.807) is 34.4 Å². The van der Waals surface area contributed by atoms with Crippen LogP contribution in [0.25, 0.3) is 0 Å². The number of carbonyl (C=O) groups is 2. The summed E-state index contributed by atoms with van der Waals surface area (Å²) in [6.07, 6.45) is 1.71. The Balaban J connectivity index is 1.26. The van der Waals surface area contributed by atoms with Gasteiger partial charge in [-0.15, -0.1) is 11.3 Å². The van der Waals surface area contributed by atoms with Crippen LogP contribution in [0, 0.1) is 0 Å². The van der Waals surface area contributed by atoms with Gasteiger partial charge in [-0.05, 0) is 53.6 Å². The molecule has 2 aromatic carbocycles. The van der Waals surface area contributed by atoms with Crippen molar-refractivity contribution < 1.29 is 9.59 Å². The summed E-state index contributed by atoms with van der Waals surface area (Å²) in [7, 11) is 0. The second-order valence-corrected chi connectivity index (χ2v) is 10.8. The molecular weight excluding hydrogens is 501 g/mol. The lowest BCUT2D eigenvalue weighted by Gasteiger charge is -2.37. The Kier molecular flexibility index (Phi) is 7.44. The number of halogens is 2. The summed E-state index contributed by atoms with van der Waals surface area (Å²) in [6.45, 7) is 3.51. The topological polar surface area (TPSA) is 43.9 Å². The Morgan fingerprint density at radius 3 is 2.46 bits per heavy atom. The van der Waals surface area contributed by atoms with E-state index in [-0.39, 0.29) is 17.9 Å². The molecule has 35 heavy (non-hydrogen) atoms. The van der Waals surface area contributed by atoms with Crippen molar-refractivity contribution in [3.05, 3.63) is 91.6 Å². The molecule has 0 bridgehead atoms. The van der Waals surface area contributed by atoms with Gasteiger partial charge in [-0.2, -0.15) is 0 Å². The van der Waals surface area contributed by atoms with Crippen LogP contribution in [0.15, 0.2) is 60.0 Å². The number of amides is 2. The molecule has 182 valence electrons. The lowest BCUT2D eigenvalue weighted by molar-refractivity contribution is -0.132. The van der Waals surface area contributed by atoms with Crippen molar-refractivity contribution in [1.29, 1.82) is 0 Å². The molecule has 5 nitrogen and oxygen atoms in total. The molecule has 1 fully saturated rings. The zero-order chi connectivity index (χ0) is 24.4. The zero-order valence-electron chi connectivity index (χ0n) is 19.3. The maximum Gasteiger partial charge on any atom is 0.253 e. The highest BCUT2D eigenvalue weighted by Gasteiger charge is 2.32. The normalized spacial score (nSPS) is 18.7. The molecule has 2 aliphatic rings. The Morgan fingerprint density at radius 2 is 1.66 bits per heavy atom. The van der Waals surface area contributed by atoms with Crippen LogP contribution in [0.5, 0.6) is 0 Å². The minimum Gasteiger partial charge on any atom is -0.340 e. The van der Waals surface area contributed by atoms with E-state index < -0.39 is 0 Å². The number of nitrogens with zero attached hydrogens (tertiary/aromatic N) is 3. The molecule has 0 spiro atoms. The van der Waals surface area contributed by atoms with E-state index in [1.165, 1.54) is 16.0 Å². The van der Waals surface area contributed by atoms with Crippen LogP contribution in [-0.4, -0.2) is 65.8 Å². The highest BCUT2D eigenvalue weighted by molar-refractivity contribution is 7.10. The molecule has 0 radical (unpaired) electrons. The van der Waals surface area contributed by atoms with Gasteiger partial charge in [0.1, 0.15) is 0 Å². The molecule has 5 rings (SSSR count). The van der Waals surface area contributed by atoms with E-state index in [0.29, 0.717) is 48.3 Å². The quantitative estimate of drug-likeness (QED) is 0.457. The van der Waals surface area contributed by atoms with Crippen molar-refractivity contribution in [3.63, 3.8) is 0 Å². The van der Waals surface area contributed by atoms with Gasteiger partial charge in [0.2, 0.25) is 5.91 Å². The Labute approximate surface area is 219 Å². The molecule has 0 unspecified atom stereocenters. The maximum atomic E-state index is 13.4. The number of fused-ring (bicyclic) bond motifs is 1. The molecule has 2 aliphatic heterocycles. The first-order valence-electron chi connectivity index (χ1n) is 11.9. The fraction of sp³-hybridized carbons (Fsp3) is 0.333. The largest absolute Gasteiger partial charge is 0.340 e. The first-order valence-corrected chi connectivity index (χ1v) is 13.5. The molecule has 0 aliphatic carbocycles. The molecule has 3 heterocycles. The van der Waals surface area contributed by atoms with Gasteiger partial charge < -0.3 is 9.80 Å². The van der Waals surface area contributed by atoms with E-state index in [9.17, 15) is 9.59 Å². The minimum absolute atomic E-state index is 0.0805. The molecule has 0 saturated carbocycles. The van der Waals surface area contributed by atoms with Gasteiger partial charge in [-0.3, -0.25) is 14.5 Å². The van der Waals surface area contributed by atoms with E-state index >= 15 is 0 Å². The lowest BCUT2D eigenvalue weighted by atomic mass is 9.93. The fourth-order valence-corrected chi connectivity index (χ4v) is 6.22. The van der Waals surface area contributed by atoms with Gasteiger partial charge in [0.05, 0.1) is 22.6 Å². The van der Waals surface area contributed by atoms with Crippen molar-refractivity contribution in [3.8, 4) is 0 Å². The summed E-state index contributed by atoms with van der Waals surface area (Å²) in [5.41, 5.74) is 3.05. The number of carbonyl (C=O) groups excluding carboxylic acids is 2. The van der Waals surface area contributed by atoms with Crippen LogP contribution in [0.4, 0.5) is 0 Å². The van der Waals surface area contributed by atoms with Crippen molar-refractivity contribution >= 4 is 46.4 Å². The molecule has 0 N–H and O–H groups in total. The Hall–Kier alpha value is -2.38. The van der Waals surface area contributed by atoms with Crippen LogP contribution in [0.1, 0.15) is 38.8 Å². The van der Waals surface area contributed by atoms with E-state index in [2.05, 4.69) is 40.6 Å². The van der Waals surface area contributed by atoms with Crippen LogP contribution in [-0.2, 0) is 11.2 Å². The van der Waals surface area contributed by atoms with Gasteiger partial charge in [-0.25, -0.2) is 0 Å². The lowest BCUT2D eigenvalue weighted by Crippen LogP contribution is -2.45. The summed E-state index contributed by atoms with van der Waals surface area (Å²) in [4.78, 5) is 33.9. The fourth-order valence-electron chi connectivity index (χ4n) is 5.02. The highest BCUT2D eigenvalue weighted by atomic mass is 35.5. The van der Waals surface area contributed by atoms with Gasteiger partial charge >= 0.3 is 0 Å². The van der Waals surface area contributed by atoms with Crippen LogP contribution in [0.2, 0.25) is 10.0 Å². The van der Waals surface area contributed by atoms with Crippen molar-refractivity contribution in [2.24, 2.45) is 0 Å². The standard InChI is InChI=1S/C27H27Cl2N3O2S/c28-22-8-7-20(17-23(22)29)27(34)31-12-4-11-30(14-15-31)25(33)18-32-13-9-24-21(10-16-35-24)26(32)19-5-2-1-3-6-19/h1-3,5-8,10,16-17,26H,4,9,11-15,18H2/t26-/m0/s1. The van der Waals surface area contributed by atoms with E-state index in [1.807, 2.05) is 11.0 Å². The van der Waals surface area contributed by atoms with Gasteiger partial charge in [0.25, 0.3) is 5.91 Å². The van der Waals surface area contributed by atoms with Crippen LogP contribution in [0.3, 0.4) is 0 Å². The maximum absolute atomic E-state index is 13.4. The zero-order valence-corrected chi connectivity index (χ0v) is 21.7. The predicted molar refractivity (Wildman–Crippen MR) is 141 cm³/mol. The third-order valence-corrected chi connectivity index (χ3v) is 8.56. The first kappa shape index (κ1) is 24.3. The van der Waals surface area contributed by atoms with Crippen molar-refractivity contribution in [1.82, 2.24) is 14.7 Å². The smallest absolute Gasteiger partial charge is 0.253 e. The molecular formula is C27H27Cl2N3O2S. The predicted octanol–water partition coefficient (Wildman–Crippen LogP) is 5.38. The molecule has 2 amide bonds. The number of thiophene rings is 1. The summed E-state index contributed by atoms with van der Waals surface area (Å²) < 4.78 is 0. The van der Waals surface area contributed by atoms with E-state index in [4.69, 9.17) is 23.2 Å². The number of rotatable bonds is 4. The van der Waals surface area contributed by atoms with Crippen LogP contribution >= 0.6 is 34.5 Å². The van der Waals surface area contributed by atoms with Crippen molar-refractivity contribution in [2.45, 2.75) is 18.9 Å². The molecule has 1 atom stereocenters. The average molecular weight is 529 g/mol. The molecule has 8 heteroatoms. The number of hydrogen-bond donors (Lipinski definition) is 0. The summed E-state index contributed by atoms with van der Waals surface area (Å²) in [5.74, 6) is 0.0384. The van der Waals surface area contributed by atoms with Gasteiger partial charge in [0, 0.05) is 43.2 Å². The second-order valence-electron chi connectivity index (χ2n) is 8.99. The van der Waals surface area contributed by atoms with Gasteiger partial charge in [-0.1, -0.05) is 53.5 Å². The average Bonchev–Trinajstić information content (AvgIpc) is 3.21. The number of hydrogen-bond acceptors (Lipinski definition) is 4. The van der Waals surface area contributed by atoms with Crippen LogP contribution < -0.4 is 0 Å². The second kappa shape index (κ2) is 10.7. The summed E-state index contributed by atoms with van der Waals surface area (Å²) in [6, 6.07) is 17.7. The minimum atomic E-state index is -0.0805. The van der Waals surface area contributed by atoms with E-state index in [0.717, 1.165) is 19.4 Å². The highest BCUT2D eigenvalue weighted by Crippen LogP contribution is 2.37. The monoisotopic (exact) mass is 527 g/mol. The molecule has 1 saturated heterocycles. The molecule has 3 aromatic rings. The SMILES string of the molecule is O=C(CN1CCc2sccc2[C@@H]1c1ccccc1)N1CCCN(C(=O)c2ccc(Cl)c(Cl)c2)CC1. The summed E-state index contributed by atoms with van der Waals surface area (Å²) in [5, 5.41) is 2.95. The van der Waals surface area contributed by atoms with Gasteiger partial charge in [0.15, 0.2) is 0 Å². The first-order chi connectivity index (χ1) is 17.0. The van der Waals surface area contributed by atoms with Crippen molar-refractivity contribution in [2.75, 3.05) is 39.3 Å². The molecule has 1 aromatic heterocycles. The summed E-state index contributed by atoms with van der Waals surface area (Å²) >= 11 is 13.9. The number of benzene rings is 2.